The SMILES string of the molecule is C#CCNC(=NC)NCC(C)COCc1ccccc1.I. The molecule has 1 unspecified atom stereocenters. The molecule has 0 fully saturated rings. The lowest BCUT2D eigenvalue weighted by molar-refractivity contribution is 0.0931. The average molecular weight is 401 g/mol. The van der Waals surface area contributed by atoms with Crippen molar-refractivity contribution in [2.24, 2.45) is 10.9 Å². The van der Waals surface area contributed by atoms with Crippen molar-refractivity contribution in [3.8, 4) is 12.3 Å². The highest BCUT2D eigenvalue weighted by Gasteiger charge is 2.04. The summed E-state index contributed by atoms with van der Waals surface area (Å²) in [7, 11) is 1.72. The van der Waals surface area contributed by atoms with Crippen LogP contribution >= 0.6 is 24.0 Å². The highest BCUT2D eigenvalue weighted by Crippen LogP contribution is 2.02. The van der Waals surface area contributed by atoms with Gasteiger partial charge < -0.3 is 15.4 Å². The molecule has 0 aliphatic rings. The molecular weight excluding hydrogens is 377 g/mol. The zero-order valence-corrected chi connectivity index (χ0v) is 15.0. The number of guanidine groups is 1. The van der Waals surface area contributed by atoms with E-state index in [0.29, 0.717) is 25.7 Å². The van der Waals surface area contributed by atoms with Gasteiger partial charge in [0, 0.05) is 13.6 Å². The van der Waals surface area contributed by atoms with E-state index < -0.39 is 0 Å². The number of benzene rings is 1. The summed E-state index contributed by atoms with van der Waals surface area (Å²) in [6.07, 6.45) is 5.19. The Labute approximate surface area is 144 Å². The van der Waals surface area contributed by atoms with E-state index in [4.69, 9.17) is 11.2 Å². The summed E-state index contributed by atoms with van der Waals surface area (Å²) < 4.78 is 5.70. The number of aliphatic imine (C=N–C) groups is 1. The lowest BCUT2D eigenvalue weighted by Gasteiger charge is -2.15. The Morgan fingerprint density at radius 2 is 2.05 bits per heavy atom. The Bertz CT molecular complexity index is 443. The van der Waals surface area contributed by atoms with Crippen molar-refractivity contribution < 1.29 is 4.74 Å². The second-order valence-corrected chi connectivity index (χ2v) is 4.62. The van der Waals surface area contributed by atoms with Crippen LogP contribution in [0.25, 0.3) is 0 Å². The molecule has 0 heterocycles. The van der Waals surface area contributed by atoms with E-state index in [0.717, 1.165) is 12.5 Å². The lowest BCUT2D eigenvalue weighted by Crippen LogP contribution is -2.40. The highest BCUT2D eigenvalue weighted by atomic mass is 127. The normalized spacial score (nSPS) is 12.0. The molecule has 0 spiro atoms. The standard InChI is InChI=1S/C16H23N3O.HI/c1-4-10-18-16(17-3)19-11-14(2)12-20-13-15-8-6-5-7-9-15;/h1,5-9,14H,10-13H2,2-3H3,(H2,17,18,19);1H. The molecule has 21 heavy (non-hydrogen) atoms. The van der Waals surface area contributed by atoms with Crippen LogP contribution in [0.5, 0.6) is 0 Å². The van der Waals surface area contributed by atoms with Gasteiger partial charge >= 0.3 is 0 Å². The van der Waals surface area contributed by atoms with Crippen LogP contribution in [0.1, 0.15) is 12.5 Å². The van der Waals surface area contributed by atoms with E-state index in [1.54, 1.807) is 7.05 Å². The molecule has 116 valence electrons. The number of nitrogens with zero attached hydrogens (tertiary/aromatic N) is 1. The van der Waals surface area contributed by atoms with Crippen molar-refractivity contribution in [1.29, 1.82) is 0 Å². The summed E-state index contributed by atoms with van der Waals surface area (Å²) >= 11 is 0. The van der Waals surface area contributed by atoms with Gasteiger partial charge in [0.15, 0.2) is 5.96 Å². The number of ether oxygens (including phenoxy) is 1. The van der Waals surface area contributed by atoms with Gasteiger partial charge in [-0.15, -0.1) is 30.4 Å². The molecular formula is C16H24IN3O. The minimum absolute atomic E-state index is 0. The molecule has 1 rings (SSSR count). The maximum Gasteiger partial charge on any atom is 0.191 e. The first-order chi connectivity index (χ1) is 9.76. The molecule has 1 aromatic carbocycles. The Balaban J connectivity index is 0.00000400. The zero-order chi connectivity index (χ0) is 14.6. The second kappa shape index (κ2) is 12.5. The fourth-order valence-electron chi connectivity index (χ4n) is 1.64. The molecule has 0 bridgehead atoms. The molecule has 2 N–H and O–H groups in total. The Morgan fingerprint density at radius 1 is 1.33 bits per heavy atom. The smallest absolute Gasteiger partial charge is 0.191 e. The van der Waals surface area contributed by atoms with Crippen LogP contribution in [0.3, 0.4) is 0 Å². The molecule has 0 radical (unpaired) electrons. The second-order valence-electron chi connectivity index (χ2n) is 4.62. The minimum atomic E-state index is 0. The molecule has 1 atom stereocenters. The van der Waals surface area contributed by atoms with E-state index in [-0.39, 0.29) is 24.0 Å². The first-order valence-corrected chi connectivity index (χ1v) is 6.76. The molecule has 0 saturated carbocycles. The molecule has 0 saturated heterocycles. The molecule has 4 nitrogen and oxygen atoms in total. The van der Waals surface area contributed by atoms with Gasteiger partial charge in [-0.25, -0.2) is 0 Å². The zero-order valence-electron chi connectivity index (χ0n) is 12.6. The van der Waals surface area contributed by atoms with Gasteiger partial charge in [-0.1, -0.05) is 43.2 Å². The fourth-order valence-corrected chi connectivity index (χ4v) is 1.64. The van der Waals surface area contributed by atoms with Crippen molar-refractivity contribution >= 4 is 29.9 Å². The number of halogens is 1. The predicted octanol–water partition coefficient (Wildman–Crippen LogP) is 2.26. The predicted molar refractivity (Wildman–Crippen MR) is 98.9 cm³/mol. The highest BCUT2D eigenvalue weighted by molar-refractivity contribution is 14.0. The van der Waals surface area contributed by atoms with Gasteiger partial charge in [0.2, 0.25) is 0 Å². The summed E-state index contributed by atoms with van der Waals surface area (Å²) in [5.74, 6) is 3.63. The topological polar surface area (TPSA) is 45.7 Å². The van der Waals surface area contributed by atoms with Gasteiger partial charge in [0.25, 0.3) is 0 Å². The van der Waals surface area contributed by atoms with Crippen LogP contribution in [0, 0.1) is 18.3 Å². The molecule has 0 amide bonds. The van der Waals surface area contributed by atoms with Crippen LogP contribution < -0.4 is 10.6 Å². The van der Waals surface area contributed by atoms with Gasteiger partial charge in [0.1, 0.15) is 0 Å². The number of hydrogen-bond acceptors (Lipinski definition) is 2. The van der Waals surface area contributed by atoms with Crippen LogP contribution in [0.2, 0.25) is 0 Å². The van der Waals surface area contributed by atoms with E-state index in [2.05, 4.69) is 40.6 Å². The lowest BCUT2D eigenvalue weighted by atomic mass is 10.2. The van der Waals surface area contributed by atoms with E-state index >= 15 is 0 Å². The van der Waals surface area contributed by atoms with Crippen molar-refractivity contribution in [1.82, 2.24) is 10.6 Å². The summed E-state index contributed by atoms with van der Waals surface area (Å²) in [4.78, 5) is 4.08. The Morgan fingerprint density at radius 3 is 2.67 bits per heavy atom. The summed E-state index contributed by atoms with van der Waals surface area (Å²) in [5, 5.41) is 6.23. The molecule has 1 aromatic rings. The quantitative estimate of drug-likeness (QED) is 0.319. The number of nitrogens with one attached hydrogen (secondary N) is 2. The number of terminal acetylenes is 1. The maximum atomic E-state index is 5.70. The summed E-state index contributed by atoms with van der Waals surface area (Å²) in [5.41, 5.74) is 1.19. The first kappa shape index (κ1) is 19.7. The fraction of sp³-hybridized carbons (Fsp3) is 0.438. The minimum Gasteiger partial charge on any atom is -0.376 e. The maximum absolute atomic E-state index is 5.70. The summed E-state index contributed by atoms with van der Waals surface area (Å²) in [6, 6.07) is 10.2. The molecule has 0 aliphatic carbocycles. The van der Waals surface area contributed by atoms with E-state index in [9.17, 15) is 0 Å². The van der Waals surface area contributed by atoms with Gasteiger partial charge in [-0.3, -0.25) is 4.99 Å². The molecule has 5 heteroatoms. The first-order valence-electron chi connectivity index (χ1n) is 6.76. The van der Waals surface area contributed by atoms with Gasteiger partial charge in [-0.05, 0) is 11.5 Å². The number of hydrogen-bond donors (Lipinski definition) is 2. The Kier molecular flexibility index (Phi) is 11.7. The third-order valence-corrected chi connectivity index (χ3v) is 2.71. The van der Waals surface area contributed by atoms with Crippen LogP contribution in [0.15, 0.2) is 35.3 Å². The van der Waals surface area contributed by atoms with E-state index in [1.807, 2.05) is 18.2 Å². The molecule has 0 aliphatic heterocycles. The van der Waals surface area contributed by atoms with Crippen molar-refractivity contribution in [3.05, 3.63) is 35.9 Å². The van der Waals surface area contributed by atoms with Crippen LogP contribution in [-0.2, 0) is 11.3 Å². The third-order valence-electron chi connectivity index (χ3n) is 2.71. The van der Waals surface area contributed by atoms with Gasteiger partial charge in [0.05, 0.1) is 19.8 Å². The monoisotopic (exact) mass is 401 g/mol. The van der Waals surface area contributed by atoms with Gasteiger partial charge in [-0.2, -0.15) is 0 Å². The Hall–Kier alpha value is -1.26. The molecule has 0 aromatic heterocycles. The van der Waals surface area contributed by atoms with Crippen molar-refractivity contribution in [2.75, 3.05) is 26.7 Å². The largest absolute Gasteiger partial charge is 0.376 e. The van der Waals surface area contributed by atoms with Crippen LogP contribution in [0.4, 0.5) is 0 Å². The van der Waals surface area contributed by atoms with Crippen molar-refractivity contribution in [3.63, 3.8) is 0 Å². The summed E-state index contributed by atoms with van der Waals surface area (Å²) in [6.45, 7) is 4.74. The number of rotatable bonds is 7. The van der Waals surface area contributed by atoms with Crippen molar-refractivity contribution in [2.45, 2.75) is 13.5 Å². The van der Waals surface area contributed by atoms with E-state index in [1.165, 1.54) is 5.56 Å². The third kappa shape index (κ3) is 9.32. The van der Waals surface area contributed by atoms with Crippen LogP contribution in [-0.4, -0.2) is 32.7 Å². The average Bonchev–Trinajstić information content (AvgIpc) is 2.48.